The summed E-state index contributed by atoms with van der Waals surface area (Å²) < 4.78 is 8.15. The molecule has 0 aliphatic carbocycles. The predicted octanol–water partition coefficient (Wildman–Crippen LogP) is 5.23. The van der Waals surface area contributed by atoms with Crippen LogP contribution in [0.15, 0.2) is 73.0 Å². The van der Waals surface area contributed by atoms with Gasteiger partial charge in [-0.2, -0.15) is 0 Å². The third-order valence-electron chi connectivity index (χ3n) is 7.30. The first-order valence-electron chi connectivity index (χ1n) is 13.5. The zero-order valence-electron chi connectivity index (χ0n) is 23.8. The molecule has 1 N–H and O–H groups in total. The van der Waals surface area contributed by atoms with Crippen LogP contribution in [0.1, 0.15) is 12.5 Å². The molecule has 41 heavy (non-hydrogen) atoms. The highest BCUT2D eigenvalue weighted by Crippen LogP contribution is 2.33. The van der Waals surface area contributed by atoms with Gasteiger partial charge in [0, 0.05) is 48.8 Å². The van der Waals surface area contributed by atoms with Crippen molar-refractivity contribution in [1.82, 2.24) is 29.4 Å². The minimum atomic E-state index is -0.00836. The average Bonchev–Trinajstić information content (AvgIpc) is 3.46. The predicted molar refractivity (Wildman–Crippen MR) is 161 cm³/mol. The highest BCUT2D eigenvalue weighted by Gasteiger charge is 2.34. The number of hydrogen-bond acceptors (Lipinski definition) is 8. The third-order valence-corrected chi connectivity index (χ3v) is 7.30. The number of fused-ring (bicyclic) bond motifs is 2. The van der Waals surface area contributed by atoms with Gasteiger partial charge in [0.05, 0.1) is 29.1 Å². The van der Waals surface area contributed by atoms with E-state index in [1.54, 1.807) is 17.4 Å². The smallest absolute Gasteiger partial charge is 0.255 e. The summed E-state index contributed by atoms with van der Waals surface area (Å²) in [6, 6.07) is 13.7. The monoisotopic (exact) mass is 548 g/mol. The van der Waals surface area contributed by atoms with Crippen molar-refractivity contribution in [1.29, 1.82) is 0 Å². The average molecular weight is 549 g/mol. The molecular weight excluding hydrogens is 516 g/mol. The van der Waals surface area contributed by atoms with Crippen LogP contribution in [0.25, 0.3) is 21.9 Å². The van der Waals surface area contributed by atoms with E-state index < -0.39 is 0 Å². The van der Waals surface area contributed by atoms with Crippen LogP contribution in [-0.2, 0) is 11.8 Å². The number of pyridine rings is 1. The number of aromatic nitrogens is 5. The van der Waals surface area contributed by atoms with Crippen LogP contribution in [0.4, 0.5) is 17.3 Å². The van der Waals surface area contributed by atoms with Crippen LogP contribution in [0.3, 0.4) is 0 Å². The zero-order valence-corrected chi connectivity index (χ0v) is 23.8. The number of hydrogen-bond donors (Lipinski definition) is 1. The van der Waals surface area contributed by atoms with Crippen molar-refractivity contribution in [3.05, 3.63) is 78.5 Å². The minimum Gasteiger partial charge on any atom is -0.457 e. The summed E-state index contributed by atoms with van der Waals surface area (Å²) in [5, 5.41) is 4.20. The molecule has 1 aliphatic heterocycles. The van der Waals surface area contributed by atoms with Crippen LogP contribution in [0.2, 0.25) is 0 Å². The van der Waals surface area contributed by atoms with Crippen molar-refractivity contribution in [3.8, 4) is 11.5 Å². The van der Waals surface area contributed by atoms with Crippen LogP contribution in [0.5, 0.6) is 11.5 Å². The molecule has 4 heterocycles. The number of imidazole rings is 1. The molecule has 3 aromatic heterocycles. The Kier molecular flexibility index (Phi) is 6.84. The lowest BCUT2D eigenvalue weighted by Crippen LogP contribution is -2.26. The molecule has 1 amide bonds. The Morgan fingerprint density at radius 3 is 2.73 bits per heavy atom. The van der Waals surface area contributed by atoms with E-state index in [9.17, 15) is 4.79 Å². The molecule has 5 aromatic rings. The summed E-state index contributed by atoms with van der Waals surface area (Å²) in [5.74, 6) is 2.82. The quantitative estimate of drug-likeness (QED) is 0.276. The third kappa shape index (κ3) is 5.21. The molecule has 2 aromatic carbocycles. The highest BCUT2D eigenvalue weighted by atomic mass is 16.5. The number of rotatable bonds is 7. The van der Waals surface area contributed by atoms with Crippen molar-refractivity contribution >= 4 is 45.2 Å². The number of carbonyl (C=O) groups is 1. The normalized spacial score (nSPS) is 16.4. The molecule has 6 rings (SSSR count). The molecule has 0 spiro atoms. The van der Waals surface area contributed by atoms with E-state index in [0.717, 1.165) is 51.3 Å². The lowest BCUT2D eigenvalue weighted by molar-refractivity contribution is -0.114. The first-order chi connectivity index (χ1) is 19.8. The van der Waals surface area contributed by atoms with Gasteiger partial charge in [0.1, 0.15) is 29.5 Å². The Balaban J connectivity index is 1.24. The molecule has 0 radical (unpaired) electrons. The van der Waals surface area contributed by atoms with E-state index in [4.69, 9.17) is 4.74 Å². The van der Waals surface area contributed by atoms with Crippen LogP contribution in [-0.4, -0.2) is 62.5 Å². The lowest BCUT2D eigenvalue weighted by Gasteiger charge is -2.16. The summed E-state index contributed by atoms with van der Waals surface area (Å²) in [7, 11) is 5.95. The largest absolute Gasteiger partial charge is 0.457 e. The summed E-state index contributed by atoms with van der Waals surface area (Å²) in [6.45, 7) is 5.38. The van der Waals surface area contributed by atoms with Gasteiger partial charge in [-0.25, -0.2) is 19.9 Å². The number of amides is 1. The Morgan fingerprint density at radius 1 is 1.07 bits per heavy atom. The van der Waals surface area contributed by atoms with Crippen molar-refractivity contribution in [2.45, 2.75) is 13.8 Å². The fraction of sp³-hybridized carbons (Fsp3) is 0.258. The van der Waals surface area contributed by atoms with Crippen molar-refractivity contribution in [2.75, 3.05) is 37.4 Å². The van der Waals surface area contributed by atoms with Crippen molar-refractivity contribution in [3.63, 3.8) is 0 Å². The lowest BCUT2D eigenvalue weighted by atomic mass is 10.0. The van der Waals surface area contributed by atoms with Gasteiger partial charge in [-0.1, -0.05) is 13.0 Å². The molecule has 1 atom stereocenters. The second kappa shape index (κ2) is 10.6. The second-order valence-corrected chi connectivity index (χ2v) is 10.7. The number of carbonyl (C=O) groups excluding carboxylic acids is 1. The first-order valence-corrected chi connectivity index (χ1v) is 13.5. The fourth-order valence-corrected chi connectivity index (χ4v) is 5.07. The van der Waals surface area contributed by atoms with E-state index in [1.165, 1.54) is 6.33 Å². The second-order valence-electron chi connectivity index (χ2n) is 10.7. The molecule has 10 heteroatoms. The minimum absolute atomic E-state index is 0.00836. The Morgan fingerprint density at radius 2 is 1.93 bits per heavy atom. The SMILES string of the molecule is Cc1cc(Nc2ncnc3cnc(N4C[C@@H](C)/C(=C\CN(C)C)C4=O)cc23)ccc1Oc1ccc2c(c1)ncn2C. The number of likely N-dealkylation sites (N-methyl/N-ethyl adjacent to an activating group) is 1. The maximum absolute atomic E-state index is 13.2. The molecule has 208 valence electrons. The number of anilines is 3. The highest BCUT2D eigenvalue weighted by molar-refractivity contribution is 6.09. The number of nitrogens with one attached hydrogen (secondary N) is 1. The topological polar surface area (TPSA) is 101 Å². The van der Waals surface area contributed by atoms with Gasteiger partial charge in [-0.3, -0.25) is 9.69 Å². The molecule has 1 aliphatic rings. The van der Waals surface area contributed by atoms with Gasteiger partial charge in [0.2, 0.25) is 0 Å². The van der Waals surface area contributed by atoms with Crippen molar-refractivity contribution < 1.29 is 9.53 Å². The number of benzene rings is 2. The summed E-state index contributed by atoms with van der Waals surface area (Å²) in [5.41, 5.74) is 5.26. The standard InChI is InChI=1S/C31H32N8O2/c1-19-12-21(6-9-28(19)41-22-7-8-27-25(13-22)35-18-38(27)5)36-30-24-14-29(32-15-26(24)33-17-34-30)39-16-20(2)23(31(39)40)10-11-37(3)4/h6-10,12-15,17-18,20H,11,16H2,1-5H3,(H,33,34,36)/b23-10+/t20-/m1/s1. The maximum Gasteiger partial charge on any atom is 0.255 e. The van der Waals surface area contributed by atoms with Crippen LogP contribution < -0.4 is 15.0 Å². The molecule has 10 nitrogen and oxygen atoms in total. The zero-order chi connectivity index (χ0) is 28.7. The molecule has 0 bridgehead atoms. The van der Waals surface area contributed by atoms with Gasteiger partial charge in [0.25, 0.3) is 5.91 Å². The molecular formula is C31H32N8O2. The van der Waals surface area contributed by atoms with E-state index in [2.05, 4.69) is 32.2 Å². The number of ether oxygens (including phenoxy) is 1. The van der Waals surface area contributed by atoms with Gasteiger partial charge < -0.3 is 19.5 Å². The summed E-state index contributed by atoms with van der Waals surface area (Å²) in [4.78, 5) is 34.9. The van der Waals surface area contributed by atoms with Gasteiger partial charge in [-0.15, -0.1) is 0 Å². The molecule has 1 fully saturated rings. The number of aryl methyl sites for hydroxylation is 2. The van der Waals surface area contributed by atoms with Crippen LogP contribution in [0, 0.1) is 12.8 Å². The molecule has 0 unspecified atom stereocenters. The van der Waals surface area contributed by atoms with Gasteiger partial charge in [-0.05, 0) is 63.0 Å². The Hall–Kier alpha value is -4.83. The Bertz CT molecular complexity index is 1810. The molecule has 0 saturated carbocycles. The maximum atomic E-state index is 13.2. The van der Waals surface area contributed by atoms with Crippen molar-refractivity contribution in [2.24, 2.45) is 13.0 Å². The van der Waals surface area contributed by atoms with E-state index >= 15 is 0 Å². The van der Waals surface area contributed by atoms with Crippen LogP contribution >= 0.6 is 0 Å². The molecule has 1 saturated heterocycles. The summed E-state index contributed by atoms with van der Waals surface area (Å²) in [6.07, 6.45) is 7.00. The van der Waals surface area contributed by atoms with Gasteiger partial charge >= 0.3 is 0 Å². The fourth-order valence-electron chi connectivity index (χ4n) is 5.07. The van der Waals surface area contributed by atoms with E-state index in [1.807, 2.05) is 86.1 Å². The summed E-state index contributed by atoms with van der Waals surface area (Å²) >= 11 is 0. The van der Waals surface area contributed by atoms with E-state index in [-0.39, 0.29) is 11.8 Å². The number of nitrogens with zero attached hydrogens (tertiary/aromatic N) is 7. The van der Waals surface area contributed by atoms with E-state index in [0.29, 0.717) is 23.7 Å². The van der Waals surface area contributed by atoms with Gasteiger partial charge in [0.15, 0.2) is 0 Å². The first kappa shape index (κ1) is 26.4. The Labute approximate surface area is 238 Å².